The molecule has 2 fully saturated rings. The lowest BCUT2D eigenvalue weighted by atomic mass is 9.82. The molecule has 2 aliphatic rings. The average Bonchev–Trinajstić information content (AvgIpc) is 2.85. The fourth-order valence-electron chi connectivity index (χ4n) is 3.56. The lowest BCUT2D eigenvalue weighted by Crippen LogP contribution is -2.48. The predicted molar refractivity (Wildman–Crippen MR) is 89.9 cm³/mol. The van der Waals surface area contributed by atoms with Gasteiger partial charge in [0.2, 0.25) is 0 Å². The van der Waals surface area contributed by atoms with Crippen molar-refractivity contribution < 1.29 is 23.9 Å². The average molecular weight is 346 g/mol. The highest BCUT2D eigenvalue weighted by Crippen LogP contribution is 2.34. The van der Waals surface area contributed by atoms with E-state index in [-0.39, 0.29) is 18.2 Å². The molecule has 0 aromatic heterocycles. The van der Waals surface area contributed by atoms with Crippen LogP contribution in [-0.2, 0) is 4.79 Å². The molecule has 1 aliphatic carbocycles. The highest BCUT2D eigenvalue weighted by molar-refractivity contribution is 6.11. The highest BCUT2D eigenvalue weighted by Gasteiger charge is 2.51. The summed E-state index contributed by atoms with van der Waals surface area (Å²) in [5.41, 5.74) is -0.449. The van der Waals surface area contributed by atoms with Gasteiger partial charge in [-0.05, 0) is 31.0 Å². The lowest BCUT2D eigenvalue weighted by molar-refractivity contribution is -0.132. The number of methoxy groups -OCH3 is 2. The molecule has 1 N–H and O–H groups in total. The van der Waals surface area contributed by atoms with Gasteiger partial charge in [0, 0.05) is 5.56 Å². The lowest BCUT2D eigenvalue weighted by Gasteiger charge is -2.30. The zero-order valence-corrected chi connectivity index (χ0v) is 14.5. The number of nitrogens with one attached hydrogen (secondary N) is 1. The van der Waals surface area contributed by atoms with Crippen molar-refractivity contribution >= 4 is 17.7 Å². The quantitative estimate of drug-likeness (QED) is 0.652. The second-order valence-electron chi connectivity index (χ2n) is 6.46. The van der Waals surface area contributed by atoms with Crippen LogP contribution in [0.1, 0.15) is 42.5 Å². The van der Waals surface area contributed by atoms with Gasteiger partial charge in [0.1, 0.15) is 5.54 Å². The molecule has 1 heterocycles. The van der Waals surface area contributed by atoms with Crippen molar-refractivity contribution in [3.05, 3.63) is 23.8 Å². The Morgan fingerprint density at radius 2 is 1.80 bits per heavy atom. The molecule has 0 radical (unpaired) electrons. The summed E-state index contributed by atoms with van der Waals surface area (Å²) in [6, 6.07) is 4.29. The molecule has 1 spiro atoms. The standard InChI is InChI=1S/C18H22N2O5/c1-24-14-7-6-12(10-15(14)25-2)13(21)11-20-16(22)18(19-17(20)23)8-4-3-5-9-18/h6-7,10H,3-5,8-9,11H2,1-2H3,(H,19,23). The van der Waals surface area contributed by atoms with Gasteiger partial charge in [0.15, 0.2) is 17.3 Å². The number of ether oxygens (including phenoxy) is 2. The molecule has 25 heavy (non-hydrogen) atoms. The summed E-state index contributed by atoms with van der Waals surface area (Å²) >= 11 is 0. The van der Waals surface area contributed by atoms with E-state index in [1.807, 2.05) is 0 Å². The Morgan fingerprint density at radius 1 is 1.12 bits per heavy atom. The van der Waals surface area contributed by atoms with Gasteiger partial charge in [-0.2, -0.15) is 0 Å². The third-order valence-corrected chi connectivity index (χ3v) is 4.96. The second kappa shape index (κ2) is 6.74. The van der Waals surface area contributed by atoms with Gasteiger partial charge in [-0.1, -0.05) is 19.3 Å². The minimum Gasteiger partial charge on any atom is -0.493 e. The normalized spacial score (nSPS) is 19.0. The smallest absolute Gasteiger partial charge is 0.325 e. The van der Waals surface area contributed by atoms with Crippen LogP contribution in [0.15, 0.2) is 18.2 Å². The third-order valence-electron chi connectivity index (χ3n) is 4.96. The molecule has 1 saturated heterocycles. The minimum atomic E-state index is -0.812. The van der Waals surface area contributed by atoms with Crippen molar-refractivity contribution in [1.29, 1.82) is 0 Å². The fourth-order valence-corrected chi connectivity index (χ4v) is 3.56. The number of imide groups is 1. The topological polar surface area (TPSA) is 84.9 Å². The maximum Gasteiger partial charge on any atom is 0.325 e. The Kier molecular flexibility index (Phi) is 4.65. The maximum atomic E-state index is 12.7. The van der Waals surface area contributed by atoms with Crippen molar-refractivity contribution in [3.8, 4) is 11.5 Å². The Labute approximate surface area is 146 Å². The number of urea groups is 1. The first-order valence-electron chi connectivity index (χ1n) is 8.40. The van der Waals surface area contributed by atoms with Gasteiger partial charge in [0.05, 0.1) is 20.8 Å². The van der Waals surface area contributed by atoms with Gasteiger partial charge >= 0.3 is 6.03 Å². The first-order valence-corrected chi connectivity index (χ1v) is 8.40. The Hall–Kier alpha value is -2.57. The van der Waals surface area contributed by atoms with E-state index < -0.39 is 11.6 Å². The number of nitrogens with zero attached hydrogens (tertiary/aromatic N) is 1. The monoisotopic (exact) mass is 346 g/mol. The number of amides is 3. The van der Waals surface area contributed by atoms with E-state index in [9.17, 15) is 14.4 Å². The summed E-state index contributed by atoms with van der Waals surface area (Å²) in [4.78, 5) is 38.6. The van der Waals surface area contributed by atoms with Crippen molar-refractivity contribution in [3.63, 3.8) is 0 Å². The van der Waals surface area contributed by atoms with Crippen LogP contribution in [0.3, 0.4) is 0 Å². The van der Waals surface area contributed by atoms with Crippen LogP contribution in [0.2, 0.25) is 0 Å². The summed E-state index contributed by atoms with van der Waals surface area (Å²) in [5, 5.41) is 2.81. The molecule has 1 aromatic carbocycles. The molecule has 3 amide bonds. The number of rotatable bonds is 5. The summed E-state index contributed by atoms with van der Waals surface area (Å²) in [7, 11) is 2.99. The summed E-state index contributed by atoms with van der Waals surface area (Å²) < 4.78 is 10.3. The van der Waals surface area contributed by atoms with Crippen molar-refractivity contribution in [2.45, 2.75) is 37.6 Å². The number of carbonyl (C=O) groups is 3. The molecule has 1 aromatic rings. The first kappa shape index (κ1) is 17.3. The molecule has 0 bridgehead atoms. The van der Waals surface area contributed by atoms with E-state index in [0.717, 1.165) is 24.2 Å². The molecular formula is C18H22N2O5. The Balaban J connectivity index is 1.77. The highest BCUT2D eigenvalue weighted by atomic mass is 16.5. The first-order chi connectivity index (χ1) is 12.0. The largest absolute Gasteiger partial charge is 0.493 e. The number of carbonyl (C=O) groups excluding carboxylic acids is 3. The molecular weight excluding hydrogens is 324 g/mol. The van der Waals surface area contributed by atoms with E-state index in [4.69, 9.17) is 9.47 Å². The zero-order valence-electron chi connectivity index (χ0n) is 14.5. The number of Topliss-reactive ketones (excluding diaryl/α,β-unsaturated/α-hetero) is 1. The zero-order chi connectivity index (χ0) is 18.0. The van der Waals surface area contributed by atoms with Crippen LogP contribution in [0.25, 0.3) is 0 Å². The number of hydrogen-bond donors (Lipinski definition) is 1. The summed E-state index contributed by atoms with van der Waals surface area (Å²) in [5.74, 6) is 0.327. The van der Waals surface area contributed by atoms with Gasteiger partial charge in [0.25, 0.3) is 5.91 Å². The molecule has 3 rings (SSSR count). The van der Waals surface area contributed by atoms with Crippen LogP contribution in [0, 0.1) is 0 Å². The maximum absolute atomic E-state index is 12.7. The van der Waals surface area contributed by atoms with E-state index >= 15 is 0 Å². The van der Waals surface area contributed by atoms with E-state index in [0.29, 0.717) is 29.9 Å². The molecule has 0 unspecified atom stereocenters. The predicted octanol–water partition coefficient (Wildman–Crippen LogP) is 2.14. The second-order valence-corrected chi connectivity index (χ2v) is 6.46. The van der Waals surface area contributed by atoms with Crippen molar-refractivity contribution in [2.24, 2.45) is 0 Å². The van der Waals surface area contributed by atoms with E-state index in [1.54, 1.807) is 18.2 Å². The van der Waals surface area contributed by atoms with Gasteiger partial charge in [-0.3, -0.25) is 14.5 Å². The van der Waals surface area contributed by atoms with Crippen LogP contribution in [0.5, 0.6) is 11.5 Å². The molecule has 7 heteroatoms. The number of ketones is 1. The molecule has 7 nitrogen and oxygen atoms in total. The Bertz CT molecular complexity index is 709. The molecule has 1 saturated carbocycles. The molecule has 0 atom stereocenters. The van der Waals surface area contributed by atoms with Crippen molar-refractivity contribution in [1.82, 2.24) is 10.2 Å². The SMILES string of the molecule is COc1ccc(C(=O)CN2C(=O)NC3(CCCCC3)C2=O)cc1OC. The van der Waals surface area contributed by atoms with Crippen LogP contribution in [-0.4, -0.2) is 48.9 Å². The summed E-state index contributed by atoms with van der Waals surface area (Å²) in [6.07, 6.45) is 4.15. The van der Waals surface area contributed by atoms with Gasteiger partial charge < -0.3 is 14.8 Å². The number of benzene rings is 1. The van der Waals surface area contributed by atoms with Gasteiger partial charge in [-0.25, -0.2) is 4.79 Å². The van der Waals surface area contributed by atoms with E-state index in [2.05, 4.69) is 5.32 Å². The minimum absolute atomic E-state index is 0.276. The fraction of sp³-hybridized carbons (Fsp3) is 0.500. The third kappa shape index (κ3) is 3.06. The Morgan fingerprint density at radius 3 is 2.44 bits per heavy atom. The van der Waals surface area contributed by atoms with Crippen molar-refractivity contribution in [2.75, 3.05) is 20.8 Å². The van der Waals surface area contributed by atoms with Crippen LogP contribution < -0.4 is 14.8 Å². The van der Waals surface area contributed by atoms with Gasteiger partial charge in [-0.15, -0.1) is 0 Å². The van der Waals surface area contributed by atoms with Crippen LogP contribution in [0.4, 0.5) is 4.79 Å². The molecule has 1 aliphatic heterocycles. The molecule has 134 valence electrons. The summed E-state index contributed by atoms with van der Waals surface area (Å²) in [6.45, 7) is -0.276. The number of hydrogen-bond acceptors (Lipinski definition) is 5. The van der Waals surface area contributed by atoms with Crippen LogP contribution >= 0.6 is 0 Å². The van der Waals surface area contributed by atoms with E-state index in [1.165, 1.54) is 14.2 Å².